The van der Waals surface area contributed by atoms with Crippen molar-refractivity contribution in [2.75, 3.05) is 11.9 Å². The molecule has 1 N–H and O–H groups in total. The summed E-state index contributed by atoms with van der Waals surface area (Å²) in [7, 11) is 0. The van der Waals surface area contributed by atoms with Crippen molar-refractivity contribution in [1.29, 1.82) is 0 Å². The summed E-state index contributed by atoms with van der Waals surface area (Å²) in [5.74, 6) is -1.05. The van der Waals surface area contributed by atoms with Gasteiger partial charge in [-0.15, -0.1) is 0 Å². The first-order valence-electron chi connectivity index (χ1n) is 6.87. The molecular formula is C17H15ClNO4-. The monoisotopic (exact) mass is 332 g/mol. The Morgan fingerprint density at radius 3 is 2.22 bits per heavy atom. The summed E-state index contributed by atoms with van der Waals surface area (Å²) in [6.45, 7) is 3.56. The van der Waals surface area contributed by atoms with Crippen LogP contribution in [0.2, 0.25) is 5.02 Å². The zero-order chi connectivity index (χ0) is 17.0. The fourth-order valence-electron chi connectivity index (χ4n) is 2.03. The van der Waals surface area contributed by atoms with Crippen LogP contribution < -0.4 is 15.2 Å². The fraction of sp³-hybridized carbons (Fsp3) is 0.176. The van der Waals surface area contributed by atoms with Crippen molar-refractivity contribution in [1.82, 2.24) is 0 Å². The van der Waals surface area contributed by atoms with Crippen molar-refractivity contribution in [3.05, 3.63) is 58.1 Å². The Hall–Kier alpha value is -2.53. The third kappa shape index (κ3) is 4.47. The standard InChI is InChI=1S/C17H16ClNO4/c1-10-7-14(8-11(2)16(10)18)23-9-15(20)19-13-5-3-12(4-6-13)17(21)22/h3-8H,9H2,1-2H3,(H,19,20)(H,21,22)/p-1. The van der Waals surface area contributed by atoms with Gasteiger partial charge >= 0.3 is 0 Å². The number of carboxylic acid groups (broad SMARTS) is 1. The number of anilines is 1. The Balaban J connectivity index is 1.93. The number of aromatic carboxylic acids is 1. The molecule has 0 heterocycles. The molecule has 0 atom stereocenters. The summed E-state index contributed by atoms with van der Waals surface area (Å²) in [6, 6.07) is 9.21. The van der Waals surface area contributed by atoms with Crippen LogP contribution in [0.5, 0.6) is 5.75 Å². The van der Waals surface area contributed by atoms with E-state index < -0.39 is 5.97 Å². The van der Waals surface area contributed by atoms with E-state index in [0.29, 0.717) is 16.5 Å². The second kappa shape index (κ2) is 7.15. The molecule has 2 rings (SSSR count). The third-order valence-electron chi connectivity index (χ3n) is 3.18. The van der Waals surface area contributed by atoms with Gasteiger partial charge in [-0.1, -0.05) is 23.7 Å². The molecule has 0 unspecified atom stereocenters. The molecule has 5 nitrogen and oxygen atoms in total. The smallest absolute Gasteiger partial charge is 0.262 e. The number of rotatable bonds is 5. The summed E-state index contributed by atoms with van der Waals surface area (Å²) in [5.41, 5.74) is 2.28. The van der Waals surface area contributed by atoms with E-state index in [1.165, 1.54) is 24.3 Å². The number of hydrogen-bond donors (Lipinski definition) is 1. The molecule has 0 saturated carbocycles. The van der Waals surface area contributed by atoms with Crippen LogP contribution in [0.1, 0.15) is 21.5 Å². The molecular weight excluding hydrogens is 318 g/mol. The van der Waals surface area contributed by atoms with Gasteiger partial charge in [0.25, 0.3) is 5.91 Å². The number of ether oxygens (including phenoxy) is 1. The number of nitrogens with one attached hydrogen (secondary N) is 1. The molecule has 0 aliphatic rings. The lowest BCUT2D eigenvalue weighted by molar-refractivity contribution is -0.255. The number of hydrogen-bond acceptors (Lipinski definition) is 4. The van der Waals surface area contributed by atoms with Crippen LogP contribution in [0, 0.1) is 13.8 Å². The molecule has 0 aliphatic heterocycles. The topological polar surface area (TPSA) is 78.5 Å². The second-order valence-corrected chi connectivity index (χ2v) is 5.45. The molecule has 120 valence electrons. The summed E-state index contributed by atoms with van der Waals surface area (Å²) in [6.07, 6.45) is 0. The van der Waals surface area contributed by atoms with E-state index in [2.05, 4.69) is 5.32 Å². The van der Waals surface area contributed by atoms with Gasteiger partial charge in [-0.05, 0) is 54.8 Å². The predicted octanol–water partition coefficient (Wildman–Crippen LogP) is 2.34. The molecule has 1 amide bonds. The second-order valence-electron chi connectivity index (χ2n) is 5.07. The van der Waals surface area contributed by atoms with Gasteiger partial charge in [0, 0.05) is 10.7 Å². The van der Waals surface area contributed by atoms with Gasteiger partial charge in [0.1, 0.15) is 5.75 Å². The molecule has 23 heavy (non-hydrogen) atoms. The van der Waals surface area contributed by atoms with Crippen molar-refractivity contribution < 1.29 is 19.4 Å². The Morgan fingerprint density at radius 2 is 1.70 bits per heavy atom. The lowest BCUT2D eigenvalue weighted by Gasteiger charge is -2.11. The Morgan fingerprint density at radius 1 is 1.13 bits per heavy atom. The number of carboxylic acids is 1. The van der Waals surface area contributed by atoms with Crippen LogP contribution in [0.25, 0.3) is 0 Å². The molecule has 6 heteroatoms. The van der Waals surface area contributed by atoms with E-state index >= 15 is 0 Å². The van der Waals surface area contributed by atoms with Gasteiger partial charge in [-0.2, -0.15) is 0 Å². The van der Waals surface area contributed by atoms with Gasteiger partial charge in [0.05, 0.1) is 5.97 Å². The van der Waals surface area contributed by atoms with E-state index in [-0.39, 0.29) is 18.1 Å². The minimum Gasteiger partial charge on any atom is -0.545 e. The first-order valence-corrected chi connectivity index (χ1v) is 7.25. The van der Waals surface area contributed by atoms with Gasteiger partial charge in [0.15, 0.2) is 6.61 Å². The summed E-state index contributed by atoms with van der Waals surface area (Å²) >= 11 is 6.07. The summed E-state index contributed by atoms with van der Waals surface area (Å²) < 4.78 is 5.44. The maximum Gasteiger partial charge on any atom is 0.262 e. The van der Waals surface area contributed by atoms with Crippen LogP contribution in [-0.4, -0.2) is 18.5 Å². The van der Waals surface area contributed by atoms with Crippen LogP contribution in [0.3, 0.4) is 0 Å². The van der Waals surface area contributed by atoms with Crippen molar-refractivity contribution in [3.8, 4) is 5.75 Å². The molecule has 0 bridgehead atoms. The molecule has 0 aliphatic carbocycles. The van der Waals surface area contributed by atoms with E-state index in [9.17, 15) is 14.7 Å². The SMILES string of the molecule is Cc1cc(OCC(=O)Nc2ccc(C(=O)[O-])cc2)cc(C)c1Cl. The van der Waals surface area contributed by atoms with E-state index in [1.54, 1.807) is 12.1 Å². The normalized spacial score (nSPS) is 10.2. The number of halogens is 1. The zero-order valence-corrected chi connectivity index (χ0v) is 13.4. The molecule has 0 spiro atoms. The highest BCUT2D eigenvalue weighted by Crippen LogP contribution is 2.25. The lowest BCUT2D eigenvalue weighted by atomic mass is 10.1. The first kappa shape index (κ1) is 16.8. The molecule has 0 aromatic heterocycles. The molecule has 0 saturated heterocycles. The van der Waals surface area contributed by atoms with Crippen LogP contribution >= 0.6 is 11.6 Å². The first-order chi connectivity index (χ1) is 10.9. The van der Waals surface area contributed by atoms with Gasteiger partial charge in [0.2, 0.25) is 0 Å². The van der Waals surface area contributed by atoms with Gasteiger partial charge in [-0.25, -0.2) is 0 Å². The van der Waals surface area contributed by atoms with Crippen molar-refractivity contribution in [2.45, 2.75) is 13.8 Å². The number of carbonyl (C=O) groups excluding carboxylic acids is 2. The predicted molar refractivity (Wildman–Crippen MR) is 85.8 cm³/mol. The maximum atomic E-state index is 11.9. The van der Waals surface area contributed by atoms with Crippen molar-refractivity contribution >= 4 is 29.2 Å². The zero-order valence-electron chi connectivity index (χ0n) is 12.7. The Labute approximate surface area is 138 Å². The van der Waals surface area contributed by atoms with Crippen molar-refractivity contribution in [3.63, 3.8) is 0 Å². The largest absolute Gasteiger partial charge is 0.545 e. The average molecular weight is 333 g/mol. The molecule has 2 aromatic carbocycles. The summed E-state index contributed by atoms with van der Waals surface area (Å²) in [5, 5.41) is 13.9. The highest BCUT2D eigenvalue weighted by atomic mass is 35.5. The highest BCUT2D eigenvalue weighted by Gasteiger charge is 2.07. The lowest BCUT2D eigenvalue weighted by Crippen LogP contribution is -2.22. The van der Waals surface area contributed by atoms with Crippen molar-refractivity contribution in [2.24, 2.45) is 0 Å². The maximum absolute atomic E-state index is 11.9. The minimum absolute atomic E-state index is 0.0476. The average Bonchev–Trinajstić information content (AvgIpc) is 2.51. The minimum atomic E-state index is -1.26. The van der Waals surface area contributed by atoms with Crippen LogP contribution in [-0.2, 0) is 4.79 Å². The van der Waals surface area contributed by atoms with Crippen LogP contribution in [0.15, 0.2) is 36.4 Å². The molecule has 0 fully saturated rings. The van der Waals surface area contributed by atoms with E-state index in [4.69, 9.17) is 16.3 Å². The van der Waals surface area contributed by atoms with E-state index in [1.807, 2.05) is 13.8 Å². The van der Waals surface area contributed by atoms with E-state index in [0.717, 1.165) is 11.1 Å². The number of aryl methyl sites for hydroxylation is 2. The number of carbonyl (C=O) groups is 2. The summed E-state index contributed by atoms with van der Waals surface area (Å²) in [4.78, 5) is 22.5. The quantitative estimate of drug-likeness (QED) is 0.911. The van der Waals surface area contributed by atoms with Gasteiger partial charge in [-0.3, -0.25) is 4.79 Å². The van der Waals surface area contributed by atoms with Gasteiger partial charge < -0.3 is 20.0 Å². The number of amides is 1. The molecule has 0 radical (unpaired) electrons. The molecule has 2 aromatic rings. The third-order valence-corrected chi connectivity index (χ3v) is 3.78. The fourth-order valence-corrected chi connectivity index (χ4v) is 2.13. The Kier molecular flexibility index (Phi) is 5.24. The Bertz CT molecular complexity index is 718. The number of benzene rings is 2. The van der Waals surface area contributed by atoms with Crippen LogP contribution in [0.4, 0.5) is 5.69 Å². The highest BCUT2D eigenvalue weighted by molar-refractivity contribution is 6.32.